The molecule has 1 unspecified atom stereocenters. The molecule has 0 saturated carbocycles. The van der Waals surface area contributed by atoms with E-state index >= 15 is 0 Å². The first-order chi connectivity index (χ1) is 4.52. The molecule has 0 aromatic rings. The summed E-state index contributed by atoms with van der Waals surface area (Å²) >= 11 is 3.25. The molecule has 0 aliphatic heterocycles. The van der Waals surface area contributed by atoms with Crippen molar-refractivity contribution >= 4 is 15.9 Å². The molecule has 0 saturated heterocycles. The highest BCUT2D eigenvalue weighted by Crippen LogP contribution is 2.02. The summed E-state index contributed by atoms with van der Waals surface area (Å²) in [6.07, 6.45) is -0.267. The van der Waals surface area contributed by atoms with Crippen molar-refractivity contribution < 1.29 is 5.11 Å². The van der Waals surface area contributed by atoms with Crippen molar-refractivity contribution in [3.63, 3.8) is 0 Å². The summed E-state index contributed by atoms with van der Waals surface area (Å²) in [7, 11) is 1.94. The monoisotopic (exact) mass is 207 g/mol. The molecular weight excluding hydrogens is 194 g/mol. The summed E-state index contributed by atoms with van der Waals surface area (Å²) in [5.41, 5.74) is 0. The van der Waals surface area contributed by atoms with Gasteiger partial charge in [0.25, 0.3) is 0 Å². The van der Waals surface area contributed by atoms with Gasteiger partial charge in [-0.1, -0.05) is 22.5 Å². The lowest BCUT2D eigenvalue weighted by Crippen LogP contribution is -2.27. The van der Waals surface area contributed by atoms with E-state index in [0.717, 1.165) is 11.0 Å². The third-order valence-corrected chi connectivity index (χ3v) is 1.27. The normalized spacial score (nSPS) is 13.7. The van der Waals surface area contributed by atoms with Crippen molar-refractivity contribution in [1.82, 2.24) is 4.90 Å². The van der Waals surface area contributed by atoms with Gasteiger partial charge in [-0.2, -0.15) is 0 Å². The highest BCUT2D eigenvalue weighted by atomic mass is 79.9. The van der Waals surface area contributed by atoms with Crippen LogP contribution in [0, 0.1) is 0 Å². The number of aliphatic hydroxyl groups excluding tert-OH is 1. The molecule has 1 N–H and O–H groups in total. The second-order valence-corrected chi connectivity index (χ2v) is 3.68. The molecule has 0 aliphatic rings. The molecule has 2 nitrogen and oxygen atoms in total. The quantitative estimate of drug-likeness (QED) is 0.750. The number of hydrogen-bond donors (Lipinski definition) is 1. The molecule has 0 aliphatic carbocycles. The Morgan fingerprint density at radius 3 is 2.60 bits per heavy atom. The zero-order valence-electron chi connectivity index (χ0n) is 6.47. The summed E-state index contributed by atoms with van der Waals surface area (Å²) in [4.78, 5) is 2.00. The van der Waals surface area contributed by atoms with Gasteiger partial charge in [-0.3, -0.25) is 4.90 Å². The molecule has 0 radical (unpaired) electrons. The zero-order valence-corrected chi connectivity index (χ0v) is 8.06. The second kappa shape index (κ2) is 4.88. The lowest BCUT2D eigenvalue weighted by molar-refractivity contribution is 0.147. The highest BCUT2D eigenvalue weighted by Gasteiger charge is 2.01. The number of hydrogen-bond acceptors (Lipinski definition) is 2. The van der Waals surface area contributed by atoms with E-state index in [1.54, 1.807) is 6.92 Å². The van der Waals surface area contributed by atoms with Crippen molar-refractivity contribution in [2.45, 2.75) is 13.0 Å². The Morgan fingerprint density at radius 1 is 1.80 bits per heavy atom. The van der Waals surface area contributed by atoms with Gasteiger partial charge >= 0.3 is 0 Å². The predicted molar refractivity (Wildman–Crippen MR) is 47.2 cm³/mol. The van der Waals surface area contributed by atoms with E-state index in [2.05, 4.69) is 22.5 Å². The lowest BCUT2D eigenvalue weighted by Gasteiger charge is -2.16. The molecule has 10 heavy (non-hydrogen) atoms. The Hall–Kier alpha value is 0.140. The fourth-order valence-corrected chi connectivity index (χ4v) is 1.24. The summed E-state index contributed by atoms with van der Waals surface area (Å²) < 4.78 is 0.940. The van der Waals surface area contributed by atoms with Gasteiger partial charge in [0.15, 0.2) is 0 Å². The first-order valence-corrected chi connectivity index (χ1v) is 4.01. The van der Waals surface area contributed by atoms with Crippen LogP contribution < -0.4 is 0 Å². The average Bonchev–Trinajstić information content (AvgIpc) is 1.58. The van der Waals surface area contributed by atoms with E-state index in [1.807, 2.05) is 11.9 Å². The van der Waals surface area contributed by atoms with E-state index in [4.69, 9.17) is 5.11 Å². The lowest BCUT2D eigenvalue weighted by atomic mass is 10.4. The SMILES string of the molecule is C=C(Br)CN(C)CC(C)O. The number of nitrogens with zero attached hydrogens (tertiary/aromatic N) is 1. The van der Waals surface area contributed by atoms with Crippen molar-refractivity contribution in [2.75, 3.05) is 20.1 Å². The number of aliphatic hydroxyl groups is 1. The van der Waals surface area contributed by atoms with Crippen LogP contribution in [-0.2, 0) is 0 Å². The van der Waals surface area contributed by atoms with Crippen molar-refractivity contribution in [1.29, 1.82) is 0 Å². The third kappa shape index (κ3) is 6.26. The Bertz CT molecular complexity index is 114. The minimum atomic E-state index is -0.267. The number of likely N-dealkylation sites (N-methyl/N-ethyl adjacent to an activating group) is 1. The van der Waals surface area contributed by atoms with Gasteiger partial charge in [0.2, 0.25) is 0 Å². The Kier molecular flexibility index (Phi) is 4.95. The molecule has 1 atom stereocenters. The van der Waals surface area contributed by atoms with Crippen LogP contribution in [0.25, 0.3) is 0 Å². The summed E-state index contributed by atoms with van der Waals surface area (Å²) in [6.45, 7) is 6.93. The predicted octanol–water partition coefficient (Wildman–Crippen LogP) is 1.21. The fraction of sp³-hybridized carbons (Fsp3) is 0.714. The van der Waals surface area contributed by atoms with Gasteiger partial charge in [-0.05, 0) is 14.0 Å². The minimum Gasteiger partial charge on any atom is -0.392 e. The topological polar surface area (TPSA) is 23.5 Å². The maximum absolute atomic E-state index is 8.95. The van der Waals surface area contributed by atoms with E-state index in [-0.39, 0.29) is 6.10 Å². The van der Waals surface area contributed by atoms with E-state index in [0.29, 0.717) is 6.54 Å². The average molecular weight is 208 g/mol. The molecule has 0 bridgehead atoms. The highest BCUT2D eigenvalue weighted by molar-refractivity contribution is 9.11. The van der Waals surface area contributed by atoms with Gasteiger partial charge < -0.3 is 5.11 Å². The maximum atomic E-state index is 8.95. The molecule has 3 heteroatoms. The van der Waals surface area contributed by atoms with Crippen LogP contribution in [0.1, 0.15) is 6.92 Å². The minimum absolute atomic E-state index is 0.267. The van der Waals surface area contributed by atoms with Crippen LogP contribution in [0.2, 0.25) is 0 Å². The Balaban J connectivity index is 3.43. The molecule has 0 amide bonds. The van der Waals surface area contributed by atoms with Gasteiger partial charge in [0, 0.05) is 17.6 Å². The number of halogens is 1. The van der Waals surface area contributed by atoms with Crippen molar-refractivity contribution in [2.24, 2.45) is 0 Å². The van der Waals surface area contributed by atoms with Crippen LogP contribution in [0.4, 0.5) is 0 Å². The van der Waals surface area contributed by atoms with E-state index in [9.17, 15) is 0 Å². The molecule has 0 aromatic heterocycles. The largest absolute Gasteiger partial charge is 0.392 e. The summed E-state index contributed by atoms with van der Waals surface area (Å²) in [5, 5.41) is 8.95. The molecule has 0 aromatic carbocycles. The Morgan fingerprint density at radius 2 is 2.30 bits per heavy atom. The van der Waals surface area contributed by atoms with E-state index in [1.165, 1.54) is 0 Å². The first-order valence-electron chi connectivity index (χ1n) is 3.22. The third-order valence-electron chi connectivity index (χ3n) is 1.02. The standard InChI is InChI=1S/C7H14BrNO/c1-6(8)4-9(3)5-7(2)10/h7,10H,1,4-5H2,2-3H3. The zero-order chi connectivity index (χ0) is 8.15. The van der Waals surface area contributed by atoms with Gasteiger partial charge in [-0.25, -0.2) is 0 Å². The van der Waals surface area contributed by atoms with Crippen LogP contribution in [0.3, 0.4) is 0 Å². The molecule has 0 spiro atoms. The molecule has 0 heterocycles. The van der Waals surface area contributed by atoms with Gasteiger partial charge in [-0.15, -0.1) is 0 Å². The van der Waals surface area contributed by atoms with Crippen LogP contribution in [0.5, 0.6) is 0 Å². The molecule has 0 rings (SSSR count). The van der Waals surface area contributed by atoms with Crippen LogP contribution >= 0.6 is 15.9 Å². The maximum Gasteiger partial charge on any atom is 0.0639 e. The van der Waals surface area contributed by atoms with Crippen molar-refractivity contribution in [3.8, 4) is 0 Å². The van der Waals surface area contributed by atoms with Crippen LogP contribution in [-0.4, -0.2) is 36.2 Å². The number of rotatable bonds is 4. The summed E-state index contributed by atoms with van der Waals surface area (Å²) in [5.74, 6) is 0. The van der Waals surface area contributed by atoms with E-state index < -0.39 is 0 Å². The fourth-order valence-electron chi connectivity index (χ4n) is 0.808. The molecular formula is C7H14BrNO. The first kappa shape index (κ1) is 10.1. The van der Waals surface area contributed by atoms with Gasteiger partial charge in [0.05, 0.1) is 6.10 Å². The van der Waals surface area contributed by atoms with Crippen LogP contribution in [0.15, 0.2) is 11.1 Å². The van der Waals surface area contributed by atoms with Crippen molar-refractivity contribution in [3.05, 3.63) is 11.1 Å². The smallest absolute Gasteiger partial charge is 0.0639 e. The van der Waals surface area contributed by atoms with Gasteiger partial charge in [0.1, 0.15) is 0 Å². The second-order valence-electron chi connectivity index (χ2n) is 2.56. The molecule has 60 valence electrons. The molecule has 0 fully saturated rings. The summed E-state index contributed by atoms with van der Waals surface area (Å²) in [6, 6.07) is 0. The Labute approximate surface area is 70.7 Å².